The molecule has 0 radical (unpaired) electrons. The van der Waals surface area contributed by atoms with Crippen LogP contribution in [0.4, 0.5) is 0 Å². The van der Waals surface area contributed by atoms with Gasteiger partial charge in [-0.15, -0.1) is 12.3 Å². The molecule has 1 saturated carbocycles. The number of ether oxygens (including phenoxy) is 1. The van der Waals surface area contributed by atoms with E-state index in [0.717, 1.165) is 0 Å². The van der Waals surface area contributed by atoms with Crippen molar-refractivity contribution in [3.8, 4) is 12.3 Å². The quantitative estimate of drug-likeness (QED) is 0.661. The Morgan fingerprint density at radius 1 is 1.65 bits per heavy atom. The number of hydrogen-bond donors (Lipinski definition) is 1. The summed E-state index contributed by atoms with van der Waals surface area (Å²) in [5, 5.41) is 0. The molecule has 17 heavy (non-hydrogen) atoms. The molecule has 4 heteroatoms. The van der Waals surface area contributed by atoms with Crippen LogP contribution < -0.4 is 5.73 Å². The zero-order valence-electron chi connectivity index (χ0n) is 10.7. The second kappa shape index (κ2) is 6.63. The van der Waals surface area contributed by atoms with E-state index in [1.807, 2.05) is 4.90 Å². The number of rotatable bonds is 7. The van der Waals surface area contributed by atoms with Gasteiger partial charge in [0.25, 0.3) is 0 Å². The van der Waals surface area contributed by atoms with Gasteiger partial charge in [-0.1, -0.05) is 0 Å². The molecule has 1 aliphatic carbocycles. The summed E-state index contributed by atoms with van der Waals surface area (Å²) in [6.07, 6.45) is 7.88. The molecule has 0 aromatic heterocycles. The van der Waals surface area contributed by atoms with Crippen LogP contribution in [0, 0.1) is 18.3 Å². The number of nitrogens with two attached hydrogens (primary N) is 1. The lowest BCUT2D eigenvalue weighted by molar-refractivity contribution is -0.135. The van der Waals surface area contributed by atoms with E-state index in [2.05, 4.69) is 12.8 Å². The van der Waals surface area contributed by atoms with Crippen molar-refractivity contribution in [3.63, 3.8) is 0 Å². The molecule has 0 aromatic rings. The third kappa shape index (κ3) is 4.03. The fourth-order valence-corrected chi connectivity index (χ4v) is 1.96. The van der Waals surface area contributed by atoms with Gasteiger partial charge in [-0.3, -0.25) is 4.79 Å². The summed E-state index contributed by atoms with van der Waals surface area (Å²) in [5.41, 5.74) is 5.78. The Morgan fingerprint density at radius 2 is 2.29 bits per heavy atom. The lowest BCUT2D eigenvalue weighted by Gasteiger charge is -2.31. The summed E-state index contributed by atoms with van der Waals surface area (Å²) >= 11 is 0. The molecule has 2 N–H and O–H groups in total. The normalized spacial score (nSPS) is 18.2. The van der Waals surface area contributed by atoms with Gasteiger partial charge in [0.15, 0.2) is 0 Å². The van der Waals surface area contributed by atoms with Crippen molar-refractivity contribution in [2.45, 2.75) is 38.3 Å². The number of carbonyl (C=O) groups excluding carboxylic acids is 1. The van der Waals surface area contributed by atoms with E-state index in [4.69, 9.17) is 16.9 Å². The van der Waals surface area contributed by atoms with Gasteiger partial charge in [0.1, 0.15) is 0 Å². The maximum Gasteiger partial charge on any atom is 0.240 e. The van der Waals surface area contributed by atoms with Gasteiger partial charge in [0, 0.05) is 26.1 Å². The molecule has 96 valence electrons. The molecule has 1 rings (SSSR count). The van der Waals surface area contributed by atoms with Crippen molar-refractivity contribution in [3.05, 3.63) is 0 Å². The summed E-state index contributed by atoms with van der Waals surface area (Å²) in [4.78, 5) is 14.0. The Kier molecular flexibility index (Phi) is 5.46. The third-order valence-corrected chi connectivity index (χ3v) is 3.27. The molecule has 1 fully saturated rings. The van der Waals surface area contributed by atoms with Gasteiger partial charge in [-0.25, -0.2) is 0 Å². The topological polar surface area (TPSA) is 55.6 Å². The molecule has 4 nitrogen and oxygen atoms in total. The Hall–Kier alpha value is -1.05. The zero-order chi connectivity index (χ0) is 12.8. The van der Waals surface area contributed by atoms with E-state index < -0.39 is 6.04 Å². The largest absolute Gasteiger partial charge is 0.383 e. The SMILES string of the molecule is C#CCC(N)C(=O)N(CCOC)C(C)C1CC1. The lowest BCUT2D eigenvalue weighted by Crippen LogP contribution is -2.49. The minimum absolute atomic E-state index is 0.0561. The Morgan fingerprint density at radius 3 is 2.76 bits per heavy atom. The van der Waals surface area contributed by atoms with Crippen LogP contribution >= 0.6 is 0 Å². The van der Waals surface area contributed by atoms with Crippen LogP contribution in [0.2, 0.25) is 0 Å². The molecule has 0 aromatic carbocycles. The highest BCUT2D eigenvalue weighted by atomic mass is 16.5. The fourth-order valence-electron chi connectivity index (χ4n) is 1.96. The van der Waals surface area contributed by atoms with Crippen molar-refractivity contribution in [2.24, 2.45) is 11.7 Å². The van der Waals surface area contributed by atoms with E-state index in [-0.39, 0.29) is 11.9 Å². The van der Waals surface area contributed by atoms with Crippen LogP contribution in [-0.4, -0.2) is 43.2 Å². The molecule has 2 unspecified atom stereocenters. The first-order valence-electron chi connectivity index (χ1n) is 6.10. The number of hydrogen-bond acceptors (Lipinski definition) is 3. The second-order valence-electron chi connectivity index (χ2n) is 4.62. The van der Waals surface area contributed by atoms with E-state index >= 15 is 0 Å². The predicted molar refractivity (Wildman–Crippen MR) is 67.2 cm³/mol. The first-order valence-corrected chi connectivity index (χ1v) is 6.10. The minimum atomic E-state index is -0.585. The van der Waals surface area contributed by atoms with Crippen molar-refractivity contribution < 1.29 is 9.53 Å². The molecule has 0 bridgehead atoms. The maximum atomic E-state index is 12.2. The monoisotopic (exact) mass is 238 g/mol. The highest BCUT2D eigenvalue weighted by molar-refractivity contribution is 5.82. The molecule has 1 aliphatic rings. The van der Waals surface area contributed by atoms with Gasteiger partial charge < -0.3 is 15.4 Å². The minimum Gasteiger partial charge on any atom is -0.383 e. The summed E-state index contributed by atoms with van der Waals surface area (Å²) in [6, 6.07) is -0.348. The van der Waals surface area contributed by atoms with Crippen LogP contribution in [0.1, 0.15) is 26.2 Å². The first-order chi connectivity index (χ1) is 8.11. The van der Waals surface area contributed by atoms with Crippen LogP contribution in [-0.2, 0) is 9.53 Å². The highest BCUT2D eigenvalue weighted by Gasteiger charge is 2.35. The molecule has 0 heterocycles. The summed E-state index contributed by atoms with van der Waals surface area (Å²) in [6.45, 7) is 3.20. The number of amides is 1. The fraction of sp³-hybridized carbons (Fsp3) is 0.769. The van der Waals surface area contributed by atoms with Crippen LogP contribution in [0.15, 0.2) is 0 Å². The molecule has 0 aliphatic heterocycles. The molecular formula is C13H22N2O2. The third-order valence-electron chi connectivity index (χ3n) is 3.27. The summed E-state index contributed by atoms with van der Waals surface area (Å²) < 4.78 is 5.04. The average Bonchev–Trinajstić information content (AvgIpc) is 3.13. The van der Waals surface area contributed by atoms with Crippen molar-refractivity contribution in [1.82, 2.24) is 4.90 Å². The number of carbonyl (C=O) groups is 1. The van der Waals surface area contributed by atoms with Crippen molar-refractivity contribution in [2.75, 3.05) is 20.3 Å². The van der Waals surface area contributed by atoms with Crippen LogP contribution in [0.5, 0.6) is 0 Å². The van der Waals surface area contributed by atoms with E-state index in [9.17, 15) is 4.79 Å². The number of nitrogens with zero attached hydrogens (tertiary/aromatic N) is 1. The van der Waals surface area contributed by atoms with Gasteiger partial charge in [-0.2, -0.15) is 0 Å². The molecular weight excluding hydrogens is 216 g/mol. The van der Waals surface area contributed by atoms with E-state index in [0.29, 0.717) is 25.5 Å². The second-order valence-corrected chi connectivity index (χ2v) is 4.62. The lowest BCUT2D eigenvalue weighted by atomic mass is 10.1. The summed E-state index contributed by atoms with van der Waals surface area (Å²) in [5.74, 6) is 3.00. The average molecular weight is 238 g/mol. The Balaban J connectivity index is 2.60. The maximum absolute atomic E-state index is 12.2. The first kappa shape index (κ1) is 14.0. The number of methoxy groups -OCH3 is 1. The molecule has 0 saturated heterocycles. The van der Waals surface area contributed by atoms with Crippen LogP contribution in [0.25, 0.3) is 0 Å². The van der Waals surface area contributed by atoms with Gasteiger partial charge in [-0.05, 0) is 25.7 Å². The summed E-state index contributed by atoms with van der Waals surface area (Å²) in [7, 11) is 1.63. The van der Waals surface area contributed by atoms with Gasteiger partial charge >= 0.3 is 0 Å². The van der Waals surface area contributed by atoms with E-state index in [1.54, 1.807) is 7.11 Å². The predicted octanol–water partition coefficient (Wildman–Crippen LogP) is 0.610. The van der Waals surface area contributed by atoms with Gasteiger partial charge in [0.2, 0.25) is 5.91 Å². The number of terminal acetylenes is 1. The highest BCUT2D eigenvalue weighted by Crippen LogP contribution is 2.35. The van der Waals surface area contributed by atoms with Crippen molar-refractivity contribution in [1.29, 1.82) is 0 Å². The standard InChI is InChI=1S/C13H22N2O2/c1-4-5-12(14)13(16)15(8-9-17-3)10(2)11-6-7-11/h1,10-12H,5-9,14H2,2-3H3. The Bertz CT molecular complexity index is 294. The van der Waals surface area contributed by atoms with Crippen molar-refractivity contribution >= 4 is 5.91 Å². The smallest absolute Gasteiger partial charge is 0.240 e. The van der Waals surface area contributed by atoms with Gasteiger partial charge in [0.05, 0.1) is 12.6 Å². The van der Waals surface area contributed by atoms with E-state index in [1.165, 1.54) is 12.8 Å². The Labute approximate surface area is 103 Å². The molecule has 0 spiro atoms. The molecule has 1 amide bonds. The van der Waals surface area contributed by atoms with Crippen LogP contribution in [0.3, 0.4) is 0 Å². The zero-order valence-corrected chi connectivity index (χ0v) is 10.7. The molecule has 2 atom stereocenters.